The number of fused-ring (bicyclic) bond motifs is 1. The van der Waals surface area contributed by atoms with Gasteiger partial charge in [-0.3, -0.25) is 19.7 Å². The maximum atomic E-state index is 13.7. The van der Waals surface area contributed by atoms with Crippen molar-refractivity contribution < 1.29 is 31.9 Å². The number of carbonyl (C=O) groups excluding carboxylic acids is 3. The molecule has 0 spiro atoms. The molecule has 3 N–H and O–H groups in total. The summed E-state index contributed by atoms with van der Waals surface area (Å²) in [4.78, 5) is 48.7. The highest BCUT2D eigenvalue weighted by molar-refractivity contribution is 5.99. The second-order valence-corrected chi connectivity index (χ2v) is 7.92. The van der Waals surface area contributed by atoms with Crippen molar-refractivity contribution in [2.45, 2.75) is 31.6 Å². The molecule has 3 aromatic rings. The van der Waals surface area contributed by atoms with Crippen molar-refractivity contribution >= 4 is 34.3 Å². The molecule has 1 saturated heterocycles. The number of hydrogen-bond acceptors (Lipinski definition) is 4. The lowest BCUT2D eigenvalue weighted by molar-refractivity contribution is -0.140. The van der Waals surface area contributed by atoms with E-state index in [9.17, 15) is 36.7 Å². The van der Waals surface area contributed by atoms with Crippen LogP contribution in [-0.4, -0.2) is 22.4 Å². The number of pyridine rings is 1. The lowest BCUT2D eigenvalue weighted by Crippen LogP contribution is -2.44. The first kappa shape index (κ1) is 23.9. The molecule has 1 aliphatic heterocycles. The van der Waals surface area contributed by atoms with Crippen LogP contribution in [0.4, 0.5) is 28.0 Å². The van der Waals surface area contributed by atoms with Crippen molar-refractivity contribution in [2.75, 3.05) is 5.32 Å². The van der Waals surface area contributed by atoms with Crippen LogP contribution < -0.4 is 21.5 Å². The molecule has 2 heterocycles. The molecule has 1 fully saturated rings. The zero-order chi connectivity index (χ0) is 25.3. The summed E-state index contributed by atoms with van der Waals surface area (Å²) in [6.07, 6.45) is -3.05. The monoisotopic (exact) mass is 490 g/mol. The molecule has 35 heavy (non-hydrogen) atoms. The fraction of sp³-hybridized carbons (Fsp3) is 0.217. The smallest absolute Gasteiger partial charge is 0.334 e. The van der Waals surface area contributed by atoms with Gasteiger partial charge in [0.25, 0.3) is 5.56 Å². The number of anilines is 1. The molecule has 0 saturated carbocycles. The quantitative estimate of drug-likeness (QED) is 0.385. The number of halogens is 4. The van der Waals surface area contributed by atoms with Gasteiger partial charge in [-0.2, -0.15) is 13.2 Å². The van der Waals surface area contributed by atoms with Crippen LogP contribution in [0.2, 0.25) is 0 Å². The Morgan fingerprint density at radius 1 is 1.09 bits per heavy atom. The molecule has 1 aliphatic rings. The van der Waals surface area contributed by atoms with Crippen molar-refractivity contribution in [1.82, 2.24) is 15.2 Å². The average Bonchev–Trinajstić information content (AvgIpc) is 2.78. The second kappa shape index (κ2) is 9.20. The van der Waals surface area contributed by atoms with Crippen LogP contribution in [-0.2, 0) is 22.3 Å². The first-order valence-corrected chi connectivity index (χ1v) is 10.4. The number of imide groups is 1. The summed E-state index contributed by atoms with van der Waals surface area (Å²) < 4.78 is 52.9. The van der Waals surface area contributed by atoms with Gasteiger partial charge in [-0.05, 0) is 47.7 Å². The SMILES string of the molecule is O=C1CCC(n2ccc3ccc(CNC(=O)Nc4ccc(C(F)(F)F)c(F)c4)cc3c2=O)C(=O)N1. The number of piperidine rings is 1. The molecule has 4 amide bonds. The molecule has 0 aliphatic carbocycles. The first-order valence-electron chi connectivity index (χ1n) is 10.4. The minimum absolute atomic E-state index is 0.0440. The van der Waals surface area contributed by atoms with Crippen LogP contribution in [0.25, 0.3) is 10.8 Å². The Morgan fingerprint density at radius 3 is 2.54 bits per heavy atom. The number of urea groups is 1. The van der Waals surface area contributed by atoms with E-state index in [-0.39, 0.29) is 25.1 Å². The maximum absolute atomic E-state index is 13.7. The Kier molecular flexibility index (Phi) is 6.29. The Morgan fingerprint density at radius 2 is 1.86 bits per heavy atom. The third-order valence-electron chi connectivity index (χ3n) is 5.53. The number of aromatic nitrogens is 1. The topological polar surface area (TPSA) is 109 Å². The Balaban J connectivity index is 1.47. The molecule has 2 aromatic carbocycles. The normalized spacial score (nSPS) is 16.2. The summed E-state index contributed by atoms with van der Waals surface area (Å²) in [5, 5.41) is 7.83. The number of carbonyl (C=O) groups is 3. The van der Waals surface area contributed by atoms with E-state index in [1.54, 1.807) is 18.2 Å². The van der Waals surface area contributed by atoms with Crippen molar-refractivity contribution in [3.05, 3.63) is 76.0 Å². The van der Waals surface area contributed by atoms with Gasteiger partial charge in [-0.25, -0.2) is 9.18 Å². The van der Waals surface area contributed by atoms with E-state index in [4.69, 9.17) is 0 Å². The second-order valence-electron chi connectivity index (χ2n) is 7.92. The van der Waals surface area contributed by atoms with E-state index in [0.29, 0.717) is 28.5 Å². The number of nitrogens with one attached hydrogen (secondary N) is 3. The van der Waals surface area contributed by atoms with E-state index >= 15 is 0 Å². The number of amides is 4. The van der Waals surface area contributed by atoms with E-state index in [1.807, 2.05) is 0 Å². The zero-order valence-corrected chi connectivity index (χ0v) is 17.9. The van der Waals surface area contributed by atoms with Gasteiger partial charge in [0, 0.05) is 30.2 Å². The van der Waals surface area contributed by atoms with Crippen LogP contribution in [0.1, 0.15) is 30.0 Å². The van der Waals surface area contributed by atoms with E-state index in [2.05, 4.69) is 16.0 Å². The summed E-state index contributed by atoms with van der Waals surface area (Å²) in [5.41, 5.74) is -1.52. The summed E-state index contributed by atoms with van der Waals surface area (Å²) in [6, 6.07) is 6.93. The molecular formula is C23H18F4N4O4. The Labute approximate surface area is 194 Å². The van der Waals surface area contributed by atoms with Gasteiger partial charge in [-0.1, -0.05) is 12.1 Å². The van der Waals surface area contributed by atoms with Crippen LogP contribution in [0, 0.1) is 5.82 Å². The fourth-order valence-corrected chi connectivity index (χ4v) is 3.78. The predicted octanol–water partition coefficient (Wildman–Crippen LogP) is 3.46. The van der Waals surface area contributed by atoms with E-state index in [1.165, 1.54) is 16.8 Å². The number of alkyl halides is 3. The van der Waals surface area contributed by atoms with Crippen molar-refractivity contribution in [3.8, 4) is 0 Å². The van der Waals surface area contributed by atoms with E-state index < -0.39 is 47.0 Å². The first-order chi connectivity index (χ1) is 16.5. The Hall–Kier alpha value is -4.22. The molecule has 12 heteroatoms. The molecule has 0 bridgehead atoms. The third-order valence-corrected chi connectivity index (χ3v) is 5.53. The van der Waals surface area contributed by atoms with Crippen molar-refractivity contribution in [1.29, 1.82) is 0 Å². The van der Waals surface area contributed by atoms with Crippen molar-refractivity contribution in [2.24, 2.45) is 0 Å². The molecule has 1 aromatic heterocycles. The Bertz CT molecular complexity index is 1400. The van der Waals surface area contributed by atoms with Crippen LogP contribution in [0.5, 0.6) is 0 Å². The molecule has 1 unspecified atom stereocenters. The minimum Gasteiger partial charge on any atom is -0.334 e. The minimum atomic E-state index is -4.85. The fourth-order valence-electron chi connectivity index (χ4n) is 3.78. The van der Waals surface area contributed by atoms with Gasteiger partial charge >= 0.3 is 12.2 Å². The summed E-state index contributed by atoms with van der Waals surface area (Å²) in [5.74, 6) is -2.47. The molecule has 182 valence electrons. The van der Waals surface area contributed by atoms with Gasteiger partial charge in [-0.15, -0.1) is 0 Å². The highest BCUT2D eigenvalue weighted by Crippen LogP contribution is 2.32. The highest BCUT2D eigenvalue weighted by Gasteiger charge is 2.34. The number of benzene rings is 2. The standard InChI is InChI=1S/C23H18F4N4O4/c24-17-10-14(3-4-16(17)23(25,26)27)29-22(35)28-11-12-1-2-13-7-8-31(21(34)15(13)9-12)18-5-6-19(32)30-20(18)33/h1-4,7-10,18H,5-6,11H2,(H2,28,29,35)(H,30,32,33). The van der Waals surface area contributed by atoms with Gasteiger partial charge in [0.1, 0.15) is 11.9 Å². The van der Waals surface area contributed by atoms with Gasteiger partial charge in [0.05, 0.1) is 5.56 Å². The molecule has 8 nitrogen and oxygen atoms in total. The molecule has 1 atom stereocenters. The number of rotatable bonds is 4. The summed E-state index contributed by atoms with van der Waals surface area (Å²) >= 11 is 0. The van der Waals surface area contributed by atoms with Gasteiger partial charge in [0.15, 0.2) is 0 Å². The maximum Gasteiger partial charge on any atom is 0.419 e. The molecule has 4 rings (SSSR count). The third kappa shape index (κ3) is 5.15. The average molecular weight is 490 g/mol. The number of nitrogens with zero attached hydrogens (tertiary/aromatic N) is 1. The van der Waals surface area contributed by atoms with Crippen LogP contribution >= 0.6 is 0 Å². The zero-order valence-electron chi connectivity index (χ0n) is 17.9. The van der Waals surface area contributed by atoms with Crippen molar-refractivity contribution in [3.63, 3.8) is 0 Å². The van der Waals surface area contributed by atoms with Gasteiger partial charge in [0.2, 0.25) is 11.8 Å². The van der Waals surface area contributed by atoms with E-state index in [0.717, 1.165) is 6.07 Å². The molecule has 0 radical (unpaired) electrons. The van der Waals surface area contributed by atoms with Crippen LogP contribution in [0.15, 0.2) is 53.5 Å². The summed E-state index contributed by atoms with van der Waals surface area (Å²) in [6.45, 7) is -0.0440. The lowest BCUT2D eigenvalue weighted by atomic mass is 10.0. The lowest BCUT2D eigenvalue weighted by Gasteiger charge is -2.23. The molecular weight excluding hydrogens is 472 g/mol. The van der Waals surface area contributed by atoms with Crippen LogP contribution in [0.3, 0.4) is 0 Å². The largest absolute Gasteiger partial charge is 0.419 e. The number of hydrogen-bond donors (Lipinski definition) is 3. The predicted molar refractivity (Wildman–Crippen MR) is 117 cm³/mol. The van der Waals surface area contributed by atoms with Gasteiger partial charge < -0.3 is 15.2 Å². The summed E-state index contributed by atoms with van der Waals surface area (Å²) in [7, 11) is 0. The highest BCUT2D eigenvalue weighted by atomic mass is 19.4.